The molecule has 3 nitrogen and oxygen atoms in total. The van der Waals surface area contributed by atoms with Gasteiger partial charge in [0.2, 0.25) is 0 Å². The van der Waals surface area contributed by atoms with Crippen molar-refractivity contribution >= 4 is 5.97 Å². The van der Waals surface area contributed by atoms with Gasteiger partial charge < -0.3 is 10.8 Å². The van der Waals surface area contributed by atoms with E-state index in [9.17, 15) is 4.79 Å². The average molecular weight is 143 g/mol. The molecule has 0 aromatic heterocycles. The number of carbonyl (C=O) groups is 1. The molecular formula is C7H13NO2. The molecule has 0 unspecified atom stereocenters. The number of hydrogen-bond donors (Lipinski definition) is 2. The molecule has 1 rings (SSSR count). The quantitative estimate of drug-likeness (QED) is 0.560. The molecule has 58 valence electrons. The molecule has 0 aromatic rings. The lowest BCUT2D eigenvalue weighted by Gasteiger charge is -2.12. The molecule has 3 N–H and O–H groups in total. The molecule has 0 amide bonds. The maximum Gasteiger partial charge on any atom is 0.308 e. The molecule has 1 aliphatic carbocycles. The number of rotatable bonds is 1. The van der Waals surface area contributed by atoms with Crippen molar-refractivity contribution in [3.63, 3.8) is 0 Å². The summed E-state index contributed by atoms with van der Waals surface area (Å²) in [7, 11) is 0. The van der Waals surface area contributed by atoms with Gasteiger partial charge >= 0.3 is 5.97 Å². The summed E-state index contributed by atoms with van der Waals surface area (Å²) >= 11 is 0. The zero-order valence-electron chi connectivity index (χ0n) is 6.08. The van der Waals surface area contributed by atoms with E-state index in [1.807, 2.05) is 6.92 Å². The van der Waals surface area contributed by atoms with Gasteiger partial charge in [-0.05, 0) is 18.8 Å². The van der Waals surface area contributed by atoms with Gasteiger partial charge in [-0.2, -0.15) is 0 Å². The van der Waals surface area contributed by atoms with Crippen LogP contribution in [0.4, 0.5) is 0 Å². The average Bonchev–Trinajstić information content (AvgIpc) is 2.14. The van der Waals surface area contributed by atoms with E-state index in [4.69, 9.17) is 10.8 Å². The second-order valence-electron chi connectivity index (χ2n) is 3.08. The smallest absolute Gasteiger partial charge is 0.308 e. The van der Waals surface area contributed by atoms with Crippen molar-refractivity contribution in [2.24, 2.45) is 17.6 Å². The molecule has 3 atom stereocenters. The van der Waals surface area contributed by atoms with Crippen LogP contribution >= 0.6 is 0 Å². The minimum Gasteiger partial charge on any atom is -0.481 e. The molecule has 0 saturated heterocycles. The van der Waals surface area contributed by atoms with E-state index in [1.54, 1.807) is 0 Å². The molecule has 1 fully saturated rings. The van der Waals surface area contributed by atoms with Crippen molar-refractivity contribution in [1.29, 1.82) is 0 Å². The van der Waals surface area contributed by atoms with Crippen LogP contribution in [0.2, 0.25) is 0 Å². The van der Waals surface area contributed by atoms with E-state index >= 15 is 0 Å². The highest BCUT2D eigenvalue weighted by Crippen LogP contribution is 2.29. The Morgan fingerprint density at radius 1 is 1.60 bits per heavy atom. The van der Waals surface area contributed by atoms with Crippen molar-refractivity contribution in [3.8, 4) is 0 Å². The molecule has 1 aliphatic rings. The minimum absolute atomic E-state index is 0.127. The predicted molar refractivity (Wildman–Crippen MR) is 37.5 cm³/mol. The Bertz CT molecular complexity index is 147. The highest BCUT2D eigenvalue weighted by molar-refractivity contribution is 5.71. The number of carboxylic acids is 1. The van der Waals surface area contributed by atoms with Crippen molar-refractivity contribution in [2.45, 2.75) is 25.8 Å². The Morgan fingerprint density at radius 3 is 2.40 bits per heavy atom. The van der Waals surface area contributed by atoms with Crippen LogP contribution in [0.25, 0.3) is 0 Å². The third-order valence-electron chi connectivity index (χ3n) is 2.37. The summed E-state index contributed by atoms with van der Waals surface area (Å²) in [6.07, 6.45) is 1.70. The molecule has 0 aromatic carbocycles. The van der Waals surface area contributed by atoms with Gasteiger partial charge in [-0.15, -0.1) is 0 Å². The van der Waals surface area contributed by atoms with Gasteiger partial charge in [0.25, 0.3) is 0 Å². The fourth-order valence-electron chi connectivity index (χ4n) is 1.51. The SMILES string of the molecule is C[C@@H]1CC[C@@H](C(=O)O)[C@@H]1N. The zero-order chi connectivity index (χ0) is 7.72. The summed E-state index contributed by atoms with van der Waals surface area (Å²) < 4.78 is 0. The summed E-state index contributed by atoms with van der Waals surface area (Å²) in [5.74, 6) is -0.659. The first kappa shape index (κ1) is 7.54. The number of hydrogen-bond acceptors (Lipinski definition) is 2. The Morgan fingerprint density at radius 2 is 2.20 bits per heavy atom. The Balaban J connectivity index is 2.57. The summed E-state index contributed by atoms with van der Waals surface area (Å²) in [4.78, 5) is 10.5. The third-order valence-corrected chi connectivity index (χ3v) is 2.37. The molecule has 0 bridgehead atoms. The van der Waals surface area contributed by atoms with Crippen LogP contribution in [0.1, 0.15) is 19.8 Å². The first-order chi connectivity index (χ1) is 4.63. The normalized spacial score (nSPS) is 40.0. The number of aliphatic carboxylic acids is 1. The standard InChI is InChI=1S/C7H13NO2/c1-4-2-3-5(6(4)8)7(9)10/h4-6H,2-3,8H2,1H3,(H,9,10)/t4-,5-,6-/m1/s1. The van der Waals surface area contributed by atoms with Gasteiger partial charge in [0.1, 0.15) is 0 Å². The van der Waals surface area contributed by atoms with Crippen LogP contribution in [-0.4, -0.2) is 17.1 Å². The van der Waals surface area contributed by atoms with E-state index in [0.29, 0.717) is 5.92 Å². The second-order valence-corrected chi connectivity index (χ2v) is 3.08. The van der Waals surface area contributed by atoms with E-state index in [1.165, 1.54) is 0 Å². The maximum atomic E-state index is 10.5. The maximum absolute atomic E-state index is 10.5. The molecule has 10 heavy (non-hydrogen) atoms. The molecule has 0 spiro atoms. The van der Waals surface area contributed by atoms with Crippen molar-refractivity contribution in [3.05, 3.63) is 0 Å². The van der Waals surface area contributed by atoms with E-state index in [2.05, 4.69) is 0 Å². The van der Waals surface area contributed by atoms with Crippen LogP contribution in [0.15, 0.2) is 0 Å². The summed E-state index contributed by atoms with van der Waals surface area (Å²) in [6, 6.07) is -0.127. The van der Waals surface area contributed by atoms with E-state index < -0.39 is 5.97 Å². The molecule has 1 saturated carbocycles. The first-order valence-electron chi connectivity index (χ1n) is 3.61. The summed E-state index contributed by atoms with van der Waals surface area (Å²) in [6.45, 7) is 2.01. The fourth-order valence-corrected chi connectivity index (χ4v) is 1.51. The molecular weight excluding hydrogens is 130 g/mol. The molecule has 3 heteroatoms. The van der Waals surface area contributed by atoms with E-state index in [-0.39, 0.29) is 12.0 Å². The van der Waals surface area contributed by atoms with E-state index in [0.717, 1.165) is 12.8 Å². The van der Waals surface area contributed by atoms with Crippen LogP contribution in [0.5, 0.6) is 0 Å². The summed E-state index contributed by atoms with van der Waals surface area (Å²) in [5, 5.41) is 8.62. The molecule has 0 aliphatic heterocycles. The highest BCUT2D eigenvalue weighted by atomic mass is 16.4. The second kappa shape index (κ2) is 2.58. The van der Waals surface area contributed by atoms with Crippen LogP contribution < -0.4 is 5.73 Å². The molecule has 0 heterocycles. The van der Waals surface area contributed by atoms with Gasteiger partial charge in [0.05, 0.1) is 5.92 Å². The summed E-state index contributed by atoms with van der Waals surface area (Å²) in [5.41, 5.74) is 5.64. The third kappa shape index (κ3) is 1.14. The first-order valence-corrected chi connectivity index (χ1v) is 3.61. The fraction of sp³-hybridized carbons (Fsp3) is 0.857. The van der Waals surface area contributed by atoms with Crippen molar-refractivity contribution in [2.75, 3.05) is 0 Å². The number of nitrogens with two attached hydrogens (primary N) is 1. The van der Waals surface area contributed by atoms with Crippen LogP contribution in [0.3, 0.4) is 0 Å². The van der Waals surface area contributed by atoms with Crippen molar-refractivity contribution < 1.29 is 9.90 Å². The Labute approximate surface area is 60.2 Å². The monoisotopic (exact) mass is 143 g/mol. The highest BCUT2D eigenvalue weighted by Gasteiger charge is 2.34. The Kier molecular flexibility index (Phi) is 1.94. The largest absolute Gasteiger partial charge is 0.481 e. The van der Waals surface area contributed by atoms with Crippen LogP contribution in [0, 0.1) is 11.8 Å². The minimum atomic E-state index is -0.739. The Hall–Kier alpha value is -0.570. The van der Waals surface area contributed by atoms with Gasteiger partial charge in [-0.25, -0.2) is 0 Å². The number of carboxylic acid groups (broad SMARTS) is 1. The van der Waals surface area contributed by atoms with Gasteiger partial charge in [0, 0.05) is 6.04 Å². The van der Waals surface area contributed by atoms with Gasteiger partial charge in [-0.1, -0.05) is 6.92 Å². The predicted octanol–water partition coefficient (Wildman–Crippen LogP) is 0.444. The zero-order valence-corrected chi connectivity index (χ0v) is 6.08. The molecule has 0 radical (unpaired) electrons. The van der Waals surface area contributed by atoms with Gasteiger partial charge in [-0.3, -0.25) is 4.79 Å². The lowest BCUT2D eigenvalue weighted by molar-refractivity contribution is -0.142. The van der Waals surface area contributed by atoms with Gasteiger partial charge in [0.15, 0.2) is 0 Å². The topological polar surface area (TPSA) is 63.3 Å². The lowest BCUT2D eigenvalue weighted by atomic mass is 10.0. The van der Waals surface area contributed by atoms with Crippen LogP contribution in [-0.2, 0) is 4.79 Å². The van der Waals surface area contributed by atoms with Crippen molar-refractivity contribution in [1.82, 2.24) is 0 Å². The lowest BCUT2D eigenvalue weighted by Crippen LogP contribution is -2.34.